The van der Waals surface area contributed by atoms with Crippen molar-refractivity contribution in [3.63, 3.8) is 0 Å². The van der Waals surface area contributed by atoms with Gasteiger partial charge in [-0.2, -0.15) is 0 Å². The Morgan fingerprint density at radius 3 is 2.09 bits per heavy atom. The number of nitrogens with two attached hydrogens (primary N) is 1. The molecular weight excluding hydrogens is 577 g/mol. The molecule has 2 atom stereocenters. The molecule has 0 spiro atoms. The van der Waals surface area contributed by atoms with Crippen LogP contribution in [-0.4, -0.2) is 52.4 Å². The van der Waals surface area contributed by atoms with E-state index in [1.807, 2.05) is 30.3 Å². The first-order valence-electron chi connectivity index (χ1n) is 13.4. The molecule has 0 unspecified atom stereocenters. The lowest BCUT2D eigenvalue weighted by atomic mass is 9.92. The molecular formula is C31H32FN3O7S. The number of primary sulfonamides is 1. The van der Waals surface area contributed by atoms with Gasteiger partial charge in [0.2, 0.25) is 10.0 Å². The third-order valence-corrected chi connectivity index (χ3v) is 7.96. The summed E-state index contributed by atoms with van der Waals surface area (Å²) in [5.41, 5.74) is 3.76. The maximum absolute atomic E-state index is 13.9. The zero-order chi connectivity index (χ0) is 31.3. The van der Waals surface area contributed by atoms with Gasteiger partial charge in [-0.25, -0.2) is 17.9 Å². The van der Waals surface area contributed by atoms with Crippen molar-refractivity contribution in [2.75, 3.05) is 5.32 Å². The van der Waals surface area contributed by atoms with Crippen LogP contribution in [0.3, 0.4) is 0 Å². The van der Waals surface area contributed by atoms with E-state index in [0.29, 0.717) is 33.6 Å². The van der Waals surface area contributed by atoms with Crippen molar-refractivity contribution in [1.29, 1.82) is 0 Å². The van der Waals surface area contributed by atoms with Gasteiger partial charge in [0.25, 0.3) is 5.91 Å². The number of carbonyl (C=O) groups is 2. The topological polar surface area (TPSA) is 172 Å². The third kappa shape index (κ3) is 7.73. The number of sulfonamides is 1. The number of rotatable bonds is 12. The number of nitrogens with zero attached hydrogens (tertiary/aromatic N) is 1. The van der Waals surface area contributed by atoms with Gasteiger partial charge in [-0.3, -0.25) is 9.59 Å². The number of carboxylic acids is 1. The number of nitrogens with one attached hydrogen (secondary N) is 1. The molecule has 1 heterocycles. The molecule has 0 aliphatic heterocycles. The van der Waals surface area contributed by atoms with E-state index in [-0.39, 0.29) is 29.9 Å². The van der Waals surface area contributed by atoms with E-state index < -0.39 is 46.3 Å². The number of benzene rings is 3. The molecule has 3 aromatic carbocycles. The maximum Gasteiger partial charge on any atom is 0.305 e. The van der Waals surface area contributed by atoms with Gasteiger partial charge in [-0.15, -0.1) is 0 Å². The van der Waals surface area contributed by atoms with E-state index >= 15 is 0 Å². The van der Waals surface area contributed by atoms with Gasteiger partial charge < -0.3 is 25.2 Å². The monoisotopic (exact) mass is 609 g/mol. The fourth-order valence-corrected chi connectivity index (χ4v) is 5.56. The van der Waals surface area contributed by atoms with Gasteiger partial charge >= 0.3 is 5.97 Å². The Bertz CT molecular complexity index is 1710. The molecule has 0 radical (unpaired) electrons. The third-order valence-electron chi connectivity index (χ3n) is 7.04. The first kappa shape index (κ1) is 31.6. The Balaban J connectivity index is 1.80. The minimum atomic E-state index is -3.92. The van der Waals surface area contributed by atoms with Crippen LogP contribution in [0.5, 0.6) is 0 Å². The lowest BCUT2D eigenvalue weighted by Gasteiger charge is -2.16. The van der Waals surface area contributed by atoms with Gasteiger partial charge in [-0.1, -0.05) is 42.5 Å². The Labute approximate surface area is 248 Å². The largest absolute Gasteiger partial charge is 0.481 e. The Hall–Kier alpha value is -4.36. The van der Waals surface area contributed by atoms with Gasteiger partial charge in [0.05, 0.1) is 23.5 Å². The van der Waals surface area contributed by atoms with E-state index in [0.717, 1.165) is 0 Å². The zero-order valence-corrected chi connectivity index (χ0v) is 24.1. The smallest absolute Gasteiger partial charge is 0.305 e. The van der Waals surface area contributed by atoms with Crippen LogP contribution in [0.4, 0.5) is 10.1 Å². The molecule has 10 nitrogen and oxygen atoms in total. The van der Waals surface area contributed by atoms with E-state index in [1.165, 1.54) is 36.4 Å². The molecule has 0 saturated carbocycles. The highest BCUT2D eigenvalue weighted by Gasteiger charge is 2.28. The number of hydrogen-bond donors (Lipinski definition) is 5. The second kappa shape index (κ2) is 13.3. The second-order valence-corrected chi connectivity index (χ2v) is 11.7. The normalized spacial score (nSPS) is 13.0. The molecule has 4 rings (SSSR count). The van der Waals surface area contributed by atoms with Crippen molar-refractivity contribution in [2.45, 2.75) is 42.8 Å². The number of amides is 1. The van der Waals surface area contributed by atoms with Crippen LogP contribution in [0.2, 0.25) is 0 Å². The summed E-state index contributed by atoms with van der Waals surface area (Å²) in [5, 5.41) is 37.5. The van der Waals surface area contributed by atoms with E-state index in [1.54, 1.807) is 23.7 Å². The number of aliphatic hydroxyl groups is 2. The van der Waals surface area contributed by atoms with Gasteiger partial charge in [0, 0.05) is 29.6 Å². The highest BCUT2D eigenvalue weighted by molar-refractivity contribution is 7.89. The summed E-state index contributed by atoms with van der Waals surface area (Å²) in [6, 6.07) is 20.4. The molecule has 0 saturated heterocycles. The minimum absolute atomic E-state index is 0.109. The average molecular weight is 610 g/mol. The number of aromatic nitrogens is 1. The molecule has 4 aromatic rings. The fraction of sp³-hybridized carbons (Fsp3) is 0.226. The molecule has 1 aromatic heterocycles. The molecule has 6 N–H and O–H groups in total. The number of halogens is 1. The number of anilines is 1. The van der Waals surface area contributed by atoms with Gasteiger partial charge in [0.1, 0.15) is 11.5 Å². The zero-order valence-electron chi connectivity index (χ0n) is 23.3. The highest BCUT2D eigenvalue weighted by Crippen LogP contribution is 2.41. The quantitative estimate of drug-likeness (QED) is 0.162. The Morgan fingerprint density at radius 2 is 1.51 bits per heavy atom. The standard InChI is InChI=1S/C31H32FN3O7S/c1-35-26(16-13-23(36)17-24(37)18-27(38)39)28(20-7-9-21(32)10-8-20)29(19-5-3-2-4-6-19)30(35)31(40)34-22-11-14-25(15-12-22)43(33,41)42/h2-12,14-15,23-24,36-37H,13,16-18H2,1H3,(H,34,40)(H,38,39)(H2,33,41,42)/t23-,24-/m1/s1. The molecule has 0 bridgehead atoms. The Kier molecular flexibility index (Phi) is 9.77. The number of carboxylic acid groups (broad SMARTS) is 1. The SMILES string of the molecule is Cn1c(CC[C@@H](O)C[C@@H](O)CC(=O)O)c(-c2ccc(F)cc2)c(-c2ccccc2)c1C(=O)Nc1ccc(S(N)(=O)=O)cc1. The predicted molar refractivity (Wildman–Crippen MR) is 159 cm³/mol. The van der Waals surface area contributed by atoms with Crippen molar-refractivity contribution in [3.8, 4) is 22.3 Å². The van der Waals surface area contributed by atoms with E-state index in [4.69, 9.17) is 10.2 Å². The summed E-state index contributed by atoms with van der Waals surface area (Å²) in [5.74, 6) is -2.12. The summed E-state index contributed by atoms with van der Waals surface area (Å²) >= 11 is 0. The molecule has 12 heteroatoms. The van der Waals surface area contributed by atoms with E-state index in [9.17, 15) is 32.6 Å². The van der Waals surface area contributed by atoms with Crippen molar-refractivity contribution in [3.05, 3.63) is 96.1 Å². The molecule has 1 amide bonds. The molecule has 0 fully saturated rings. The summed E-state index contributed by atoms with van der Waals surface area (Å²) in [6.45, 7) is 0. The van der Waals surface area contributed by atoms with Crippen molar-refractivity contribution in [2.24, 2.45) is 12.2 Å². The van der Waals surface area contributed by atoms with Crippen LogP contribution in [0.1, 0.15) is 35.4 Å². The number of carbonyl (C=O) groups excluding carboxylic acids is 1. The van der Waals surface area contributed by atoms with Crippen molar-refractivity contribution >= 4 is 27.6 Å². The molecule has 43 heavy (non-hydrogen) atoms. The fourth-order valence-electron chi connectivity index (χ4n) is 5.04. The molecule has 226 valence electrons. The highest BCUT2D eigenvalue weighted by atomic mass is 32.2. The Morgan fingerprint density at radius 1 is 0.907 bits per heavy atom. The number of aliphatic hydroxyl groups excluding tert-OH is 2. The summed E-state index contributed by atoms with van der Waals surface area (Å²) in [7, 11) is -2.23. The minimum Gasteiger partial charge on any atom is -0.481 e. The first-order valence-corrected chi connectivity index (χ1v) is 14.9. The predicted octanol–water partition coefficient (Wildman–Crippen LogP) is 3.92. The van der Waals surface area contributed by atoms with E-state index in [2.05, 4.69) is 5.32 Å². The molecule has 0 aliphatic rings. The van der Waals surface area contributed by atoms with Crippen LogP contribution >= 0.6 is 0 Å². The number of hydrogen-bond acceptors (Lipinski definition) is 6. The van der Waals surface area contributed by atoms with Crippen molar-refractivity contribution in [1.82, 2.24) is 4.57 Å². The van der Waals surface area contributed by atoms with Crippen LogP contribution in [0.25, 0.3) is 22.3 Å². The second-order valence-electron chi connectivity index (χ2n) is 10.2. The van der Waals surface area contributed by atoms with Crippen LogP contribution < -0.4 is 10.5 Å². The average Bonchev–Trinajstić information content (AvgIpc) is 3.24. The first-order chi connectivity index (χ1) is 20.3. The summed E-state index contributed by atoms with van der Waals surface area (Å²) in [6.07, 6.45) is -2.51. The lowest BCUT2D eigenvalue weighted by Crippen LogP contribution is -2.21. The summed E-state index contributed by atoms with van der Waals surface area (Å²) in [4.78, 5) is 24.7. The molecule has 0 aliphatic carbocycles. The van der Waals surface area contributed by atoms with Gasteiger partial charge in [-0.05, 0) is 66.8 Å². The van der Waals surface area contributed by atoms with Gasteiger partial charge in [0.15, 0.2) is 0 Å². The number of aliphatic carboxylic acids is 1. The van der Waals surface area contributed by atoms with Crippen LogP contribution in [0.15, 0.2) is 83.8 Å². The van der Waals surface area contributed by atoms with Crippen LogP contribution in [-0.2, 0) is 28.3 Å². The summed E-state index contributed by atoms with van der Waals surface area (Å²) < 4.78 is 38.9. The van der Waals surface area contributed by atoms with Crippen LogP contribution in [0, 0.1) is 5.82 Å². The maximum atomic E-state index is 13.9. The lowest BCUT2D eigenvalue weighted by molar-refractivity contribution is -0.139. The van der Waals surface area contributed by atoms with Crippen molar-refractivity contribution < 1.29 is 37.7 Å².